The van der Waals surface area contributed by atoms with Crippen molar-refractivity contribution >= 4 is 23.0 Å². The molecule has 0 unspecified atom stereocenters. The van der Waals surface area contributed by atoms with E-state index in [1.54, 1.807) is 36.2 Å². The maximum Gasteiger partial charge on any atom is 0.317 e. The number of carbonyl (C=O) groups is 1. The molecular formula is C27H29F2N5O. The van der Waals surface area contributed by atoms with Gasteiger partial charge in [0.1, 0.15) is 11.6 Å². The van der Waals surface area contributed by atoms with Crippen LogP contribution < -0.4 is 10.2 Å². The number of para-hydroxylation sites is 2. The van der Waals surface area contributed by atoms with Gasteiger partial charge in [0.2, 0.25) is 5.95 Å². The van der Waals surface area contributed by atoms with Crippen LogP contribution in [0, 0.1) is 11.6 Å². The highest BCUT2D eigenvalue weighted by atomic mass is 19.1. The molecule has 0 bridgehead atoms. The molecule has 0 spiro atoms. The van der Waals surface area contributed by atoms with Crippen LogP contribution in [0.2, 0.25) is 0 Å². The Bertz CT molecular complexity index is 1270. The number of hydrogen-bond donors (Lipinski definition) is 1. The predicted molar refractivity (Wildman–Crippen MR) is 134 cm³/mol. The Morgan fingerprint density at radius 1 is 0.886 bits per heavy atom. The number of halogens is 2. The number of carbonyl (C=O) groups excluding carboxylic acids is 1. The van der Waals surface area contributed by atoms with Crippen molar-refractivity contribution in [1.29, 1.82) is 0 Å². The minimum atomic E-state index is -0.299. The normalized spacial score (nSPS) is 11.0. The first kappa shape index (κ1) is 24.2. The molecule has 1 aromatic heterocycles. The van der Waals surface area contributed by atoms with Gasteiger partial charge in [0.05, 0.1) is 17.6 Å². The van der Waals surface area contributed by atoms with E-state index in [4.69, 9.17) is 4.98 Å². The summed E-state index contributed by atoms with van der Waals surface area (Å²) in [5.41, 5.74) is 3.74. The highest BCUT2D eigenvalue weighted by Crippen LogP contribution is 2.23. The fourth-order valence-electron chi connectivity index (χ4n) is 3.94. The molecule has 182 valence electrons. The molecule has 0 aliphatic heterocycles. The van der Waals surface area contributed by atoms with Crippen LogP contribution in [0.3, 0.4) is 0 Å². The molecule has 0 aliphatic rings. The molecule has 0 saturated carbocycles. The molecule has 2 amide bonds. The van der Waals surface area contributed by atoms with E-state index in [2.05, 4.69) is 14.8 Å². The minimum absolute atomic E-state index is 0.180. The van der Waals surface area contributed by atoms with E-state index in [1.165, 1.54) is 24.3 Å². The van der Waals surface area contributed by atoms with Crippen molar-refractivity contribution in [3.05, 3.63) is 95.6 Å². The molecular weight excluding hydrogens is 448 g/mol. The van der Waals surface area contributed by atoms with Crippen LogP contribution in [0.4, 0.5) is 19.5 Å². The molecule has 0 radical (unpaired) electrons. The van der Waals surface area contributed by atoms with Gasteiger partial charge < -0.3 is 19.7 Å². The van der Waals surface area contributed by atoms with Gasteiger partial charge in [-0.3, -0.25) is 0 Å². The van der Waals surface area contributed by atoms with Gasteiger partial charge in [-0.05, 0) is 53.9 Å². The molecule has 0 atom stereocenters. The molecule has 1 heterocycles. The summed E-state index contributed by atoms with van der Waals surface area (Å²) in [6.07, 6.45) is 0.747. The monoisotopic (exact) mass is 477 g/mol. The number of fused-ring (bicyclic) bond motifs is 1. The highest BCUT2D eigenvalue weighted by molar-refractivity contribution is 5.79. The smallest absolute Gasteiger partial charge is 0.317 e. The summed E-state index contributed by atoms with van der Waals surface area (Å²) < 4.78 is 28.5. The lowest BCUT2D eigenvalue weighted by atomic mass is 10.2. The highest BCUT2D eigenvalue weighted by Gasteiger charge is 2.15. The number of nitrogens with one attached hydrogen (secondary N) is 1. The number of nitrogens with zero attached hydrogens (tertiary/aromatic N) is 4. The summed E-state index contributed by atoms with van der Waals surface area (Å²) in [5.74, 6) is 0.263. The zero-order valence-electron chi connectivity index (χ0n) is 19.9. The van der Waals surface area contributed by atoms with E-state index in [0.717, 1.165) is 34.5 Å². The number of imidazole rings is 1. The Kier molecular flexibility index (Phi) is 7.60. The molecule has 4 aromatic rings. The number of benzene rings is 3. The van der Waals surface area contributed by atoms with Crippen LogP contribution >= 0.6 is 0 Å². The van der Waals surface area contributed by atoms with Crippen molar-refractivity contribution < 1.29 is 13.6 Å². The van der Waals surface area contributed by atoms with Crippen LogP contribution in [0.15, 0.2) is 72.8 Å². The molecule has 0 aliphatic carbocycles. The molecule has 8 heteroatoms. The average Bonchev–Trinajstić information content (AvgIpc) is 3.23. The zero-order valence-corrected chi connectivity index (χ0v) is 19.9. The van der Waals surface area contributed by atoms with E-state index < -0.39 is 0 Å². The lowest BCUT2D eigenvalue weighted by molar-refractivity contribution is 0.208. The summed E-state index contributed by atoms with van der Waals surface area (Å²) in [6, 6.07) is 20.3. The Hall–Kier alpha value is -3.94. The maximum atomic E-state index is 13.4. The second-order valence-corrected chi connectivity index (χ2v) is 8.59. The molecule has 35 heavy (non-hydrogen) atoms. The van der Waals surface area contributed by atoms with Gasteiger partial charge in [0, 0.05) is 33.7 Å². The van der Waals surface area contributed by atoms with Gasteiger partial charge in [-0.15, -0.1) is 0 Å². The van der Waals surface area contributed by atoms with E-state index in [-0.39, 0.29) is 17.7 Å². The summed E-state index contributed by atoms with van der Waals surface area (Å²) in [4.78, 5) is 21.0. The van der Waals surface area contributed by atoms with Gasteiger partial charge in [-0.1, -0.05) is 36.4 Å². The Balaban J connectivity index is 1.35. The van der Waals surface area contributed by atoms with Gasteiger partial charge >= 0.3 is 6.03 Å². The SMILES string of the molecule is CN(CCCN(C)c1nc2ccccc2n1Cc1ccc(F)cc1)C(=O)NCc1ccc(F)cc1. The summed E-state index contributed by atoms with van der Waals surface area (Å²) in [6.45, 7) is 2.18. The van der Waals surface area contributed by atoms with Crippen molar-refractivity contribution in [1.82, 2.24) is 19.8 Å². The van der Waals surface area contributed by atoms with Crippen LogP contribution in [0.5, 0.6) is 0 Å². The van der Waals surface area contributed by atoms with E-state index in [1.807, 2.05) is 31.3 Å². The third kappa shape index (κ3) is 6.15. The summed E-state index contributed by atoms with van der Waals surface area (Å²) in [5, 5.41) is 2.85. The lowest BCUT2D eigenvalue weighted by Gasteiger charge is -2.22. The largest absolute Gasteiger partial charge is 0.345 e. The first-order valence-corrected chi connectivity index (χ1v) is 11.5. The number of anilines is 1. The molecule has 6 nitrogen and oxygen atoms in total. The van der Waals surface area contributed by atoms with Crippen molar-refractivity contribution in [2.75, 3.05) is 32.1 Å². The average molecular weight is 478 g/mol. The fourth-order valence-corrected chi connectivity index (χ4v) is 3.94. The predicted octanol–water partition coefficient (Wildman–Crippen LogP) is 5.03. The van der Waals surface area contributed by atoms with E-state index in [0.29, 0.717) is 26.2 Å². The van der Waals surface area contributed by atoms with Crippen LogP contribution in [0.25, 0.3) is 11.0 Å². The van der Waals surface area contributed by atoms with Gasteiger partial charge in [0.25, 0.3) is 0 Å². The van der Waals surface area contributed by atoms with Gasteiger partial charge in [-0.25, -0.2) is 18.6 Å². The van der Waals surface area contributed by atoms with Crippen LogP contribution in [0.1, 0.15) is 17.5 Å². The second kappa shape index (κ2) is 11.0. The maximum absolute atomic E-state index is 13.4. The van der Waals surface area contributed by atoms with Gasteiger partial charge in [-0.2, -0.15) is 0 Å². The molecule has 1 N–H and O–H groups in total. The molecule has 0 saturated heterocycles. The molecule has 0 fully saturated rings. The van der Waals surface area contributed by atoms with Crippen molar-refractivity contribution in [3.8, 4) is 0 Å². The fraction of sp³-hybridized carbons (Fsp3) is 0.259. The van der Waals surface area contributed by atoms with Crippen molar-refractivity contribution in [2.45, 2.75) is 19.5 Å². The third-order valence-electron chi connectivity index (χ3n) is 5.92. The zero-order chi connectivity index (χ0) is 24.8. The van der Waals surface area contributed by atoms with E-state index >= 15 is 0 Å². The van der Waals surface area contributed by atoms with Crippen LogP contribution in [-0.4, -0.2) is 47.7 Å². The number of aromatic nitrogens is 2. The molecule has 3 aromatic carbocycles. The number of hydrogen-bond acceptors (Lipinski definition) is 3. The van der Waals surface area contributed by atoms with Crippen molar-refractivity contribution in [2.24, 2.45) is 0 Å². The first-order chi connectivity index (χ1) is 16.9. The third-order valence-corrected chi connectivity index (χ3v) is 5.92. The number of rotatable bonds is 9. The van der Waals surface area contributed by atoms with Crippen molar-refractivity contribution in [3.63, 3.8) is 0 Å². The number of amides is 2. The standard InChI is InChI=1S/C27H29F2N5O/c1-32(16-5-17-33(2)27(35)30-18-20-8-12-22(28)13-9-20)26-31-24-6-3-4-7-25(24)34(26)19-21-10-14-23(29)15-11-21/h3-4,6-15H,5,16-19H2,1-2H3,(H,30,35). The lowest BCUT2D eigenvalue weighted by Crippen LogP contribution is -2.38. The second-order valence-electron chi connectivity index (χ2n) is 8.59. The Morgan fingerprint density at radius 2 is 1.51 bits per heavy atom. The minimum Gasteiger partial charge on any atom is -0.345 e. The first-order valence-electron chi connectivity index (χ1n) is 11.5. The van der Waals surface area contributed by atoms with Crippen LogP contribution in [-0.2, 0) is 13.1 Å². The Labute approximate surface area is 203 Å². The van der Waals surface area contributed by atoms with Gasteiger partial charge in [0.15, 0.2) is 0 Å². The Morgan fingerprint density at radius 3 is 2.20 bits per heavy atom. The summed E-state index contributed by atoms with van der Waals surface area (Å²) in [7, 11) is 3.74. The van der Waals surface area contributed by atoms with E-state index in [9.17, 15) is 13.6 Å². The topological polar surface area (TPSA) is 53.4 Å². The number of urea groups is 1. The quantitative estimate of drug-likeness (QED) is 0.368. The summed E-state index contributed by atoms with van der Waals surface area (Å²) >= 11 is 0. The molecule has 4 rings (SSSR count).